The number of carbonyl (C=O) groups is 2. The summed E-state index contributed by atoms with van der Waals surface area (Å²) < 4.78 is 24.7. The second-order valence-electron chi connectivity index (χ2n) is 7.72. The van der Waals surface area contributed by atoms with Gasteiger partial charge in [-0.15, -0.1) is 0 Å². The van der Waals surface area contributed by atoms with Crippen LogP contribution >= 0.6 is 0 Å². The second-order valence-corrected chi connectivity index (χ2v) is 7.72. The first-order valence-corrected chi connectivity index (χ1v) is 10.9. The molecule has 2 aromatic heterocycles. The number of benzene rings is 2. The van der Waals surface area contributed by atoms with Crippen LogP contribution in [0.4, 0.5) is 4.39 Å². The van der Waals surface area contributed by atoms with Gasteiger partial charge in [-0.3, -0.25) is 14.6 Å². The number of H-pyrrole nitrogens is 1. The molecule has 0 spiro atoms. The van der Waals surface area contributed by atoms with Crippen LogP contribution in [-0.4, -0.2) is 28.6 Å². The molecule has 7 heteroatoms. The Hall–Kier alpha value is -4.52. The smallest absolute Gasteiger partial charge is 0.163 e. The highest BCUT2D eigenvalue weighted by molar-refractivity contribution is 6.11. The minimum absolute atomic E-state index is 0.280. The van der Waals surface area contributed by atoms with Crippen molar-refractivity contribution in [3.8, 4) is 11.5 Å². The van der Waals surface area contributed by atoms with Crippen LogP contribution in [0.15, 0.2) is 79.1 Å². The average molecular weight is 471 g/mol. The van der Waals surface area contributed by atoms with Crippen molar-refractivity contribution in [2.75, 3.05) is 7.11 Å². The van der Waals surface area contributed by atoms with Crippen LogP contribution < -0.4 is 9.47 Å². The lowest BCUT2D eigenvalue weighted by Gasteiger charge is -2.09. The predicted octanol–water partition coefficient (Wildman–Crippen LogP) is 5.54. The molecule has 0 amide bonds. The summed E-state index contributed by atoms with van der Waals surface area (Å²) in [4.78, 5) is 31.8. The van der Waals surface area contributed by atoms with Crippen molar-refractivity contribution in [2.24, 2.45) is 0 Å². The Labute approximate surface area is 201 Å². The largest absolute Gasteiger partial charge is 0.496 e. The Bertz CT molecular complexity index is 1410. The van der Waals surface area contributed by atoms with E-state index in [1.165, 1.54) is 31.4 Å². The van der Waals surface area contributed by atoms with Crippen LogP contribution in [0.25, 0.3) is 23.1 Å². The van der Waals surface area contributed by atoms with Crippen LogP contribution in [-0.2, 0) is 16.2 Å². The fourth-order valence-corrected chi connectivity index (χ4v) is 3.47. The lowest BCUT2D eigenvalue weighted by atomic mass is 10.1. The maximum absolute atomic E-state index is 13.5. The molecule has 35 heavy (non-hydrogen) atoms. The normalized spacial score (nSPS) is 11.4. The summed E-state index contributed by atoms with van der Waals surface area (Å²) in [5, 5.41) is 0.667. The molecule has 0 aliphatic heterocycles. The number of nitrogens with one attached hydrogen (secondary N) is 1. The van der Waals surface area contributed by atoms with E-state index in [9.17, 15) is 14.0 Å². The van der Waals surface area contributed by atoms with Crippen molar-refractivity contribution in [1.82, 2.24) is 9.97 Å². The molecule has 176 valence electrons. The lowest BCUT2D eigenvalue weighted by Crippen LogP contribution is -2.02. The van der Waals surface area contributed by atoms with E-state index in [1.54, 1.807) is 48.8 Å². The van der Waals surface area contributed by atoms with Crippen LogP contribution in [0.1, 0.15) is 23.2 Å². The van der Waals surface area contributed by atoms with Crippen LogP contribution in [0.2, 0.25) is 0 Å². The number of nitrogens with zero attached hydrogens (tertiary/aromatic N) is 1. The van der Waals surface area contributed by atoms with E-state index in [2.05, 4.69) is 9.97 Å². The Balaban J connectivity index is 1.35. The molecule has 2 heterocycles. The fourth-order valence-electron chi connectivity index (χ4n) is 3.47. The summed E-state index contributed by atoms with van der Waals surface area (Å²) in [6, 6.07) is 15.3. The van der Waals surface area contributed by atoms with E-state index < -0.39 is 0 Å². The van der Waals surface area contributed by atoms with E-state index >= 15 is 0 Å². The summed E-state index contributed by atoms with van der Waals surface area (Å²) in [5.41, 5.74) is 2.91. The fraction of sp³-hybridized carbons (Fsp3) is 0.107. The van der Waals surface area contributed by atoms with E-state index in [0.717, 1.165) is 11.2 Å². The highest BCUT2D eigenvalue weighted by atomic mass is 19.1. The number of carbonyl (C=O) groups excluding carboxylic acids is 2. The van der Waals surface area contributed by atoms with Crippen LogP contribution in [0.3, 0.4) is 0 Å². The van der Waals surface area contributed by atoms with E-state index in [-0.39, 0.29) is 23.8 Å². The molecule has 0 radical (unpaired) electrons. The number of ether oxygens (including phenoxy) is 2. The zero-order chi connectivity index (χ0) is 24.6. The number of aromatic nitrogens is 2. The molecular weight excluding hydrogens is 447 g/mol. The SMILES string of the molecule is COc1cc(OCc2ccccn2)ccc1/C=C/C(=O)CC(=O)/C=C/c1c[nH]c2ccc(F)cc12. The van der Waals surface area contributed by atoms with Gasteiger partial charge in [-0.05, 0) is 72.3 Å². The number of aromatic amines is 1. The van der Waals surface area contributed by atoms with Crippen molar-refractivity contribution in [1.29, 1.82) is 0 Å². The molecule has 0 aliphatic carbocycles. The molecule has 0 saturated heterocycles. The minimum atomic E-state index is -0.360. The van der Waals surface area contributed by atoms with Crippen molar-refractivity contribution >= 4 is 34.6 Å². The predicted molar refractivity (Wildman–Crippen MR) is 133 cm³/mol. The average Bonchev–Trinajstić information content (AvgIpc) is 3.27. The van der Waals surface area contributed by atoms with Gasteiger partial charge in [-0.1, -0.05) is 6.07 Å². The first kappa shape index (κ1) is 23.6. The number of pyridine rings is 1. The van der Waals surface area contributed by atoms with Gasteiger partial charge in [-0.2, -0.15) is 0 Å². The summed E-state index contributed by atoms with van der Waals surface area (Å²) in [6.07, 6.45) is 8.96. The third-order valence-corrected chi connectivity index (χ3v) is 5.24. The Morgan fingerprint density at radius 2 is 1.80 bits per heavy atom. The van der Waals surface area contributed by atoms with E-state index in [1.807, 2.05) is 18.2 Å². The highest BCUT2D eigenvalue weighted by Gasteiger charge is 2.08. The number of methoxy groups -OCH3 is 1. The Morgan fingerprint density at radius 1 is 1.00 bits per heavy atom. The van der Waals surface area contributed by atoms with Gasteiger partial charge in [0.15, 0.2) is 11.6 Å². The van der Waals surface area contributed by atoms with E-state index in [4.69, 9.17) is 9.47 Å². The molecule has 4 rings (SSSR count). The van der Waals surface area contributed by atoms with Gasteiger partial charge in [0, 0.05) is 34.9 Å². The van der Waals surface area contributed by atoms with E-state index in [0.29, 0.717) is 34.6 Å². The minimum Gasteiger partial charge on any atom is -0.496 e. The summed E-state index contributed by atoms with van der Waals surface area (Å²) in [7, 11) is 1.53. The molecular formula is C28H23FN2O4. The molecule has 0 saturated carbocycles. The van der Waals surface area contributed by atoms with Gasteiger partial charge < -0.3 is 14.5 Å². The molecule has 6 nitrogen and oxygen atoms in total. The quantitative estimate of drug-likeness (QED) is 0.243. The molecule has 2 aromatic carbocycles. The van der Waals surface area contributed by atoms with Gasteiger partial charge in [0.1, 0.15) is 23.9 Å². The molecule has 1 N–H and O–H groups in total. The molecule has 0 aliphatic rings. The molecule has 0 atom stereocenters. The standard InChI is InChI=1S/C28H23FN2O4/c1-34-28-16-25(35-18-22-4-2-3-13-30-22)11-7-19(28)5-9-23(32)15-24(33)10-6-20-17-31-27-12-8-21(29)14-26(20)27/h2-14,16-17,31H,15,18H2,1H3/b9-5+,10-6+. The third-order valence-electron chi connectivity index (χ3n) is 5.24. The maximum atomic E-state index is 13.5. The Kier molecular flexibility index (Phi) is 7.47. The van der Waals surface area contributed by atoms with Crippen molar-refractivity contribution in [3.63, 3.8) is 0 Å². The summed E-state index contributed by atoms with van der Waals surface area (Å²) in [5.74, 6) is 0.0817. The maximum Gasteiger partial charge on any atom is 0.163 e. The number of hydrogen-bond donors (Lipinski definition) is 1. The van der Waals surface area contributed by atoms with Crippen molar-refractivity contribution in [2.45, 2.75) is 13.0 Å². The summed E-state index contributed by atoms with van der Waals surface area (Å²) in [6.45, 7) is 0.320. The zero-order valence-corrected chi connectivity index (χ0v) is 19.0. The number of hydrogen-bond acceptors (Lipinski definition) is 5. The topological polar surface area (TPSA) is 81.3 Å². The molecule has 0 bridgehead atoms. The second kappa shape index (κ2) is 11.1. The van der Waals surface area contributed by atoms with Gasteiger partial charge in [0.25, 0.3) is 0 Å². The third kappa shape index (κ3) is 6.29. The first-order valence-electron chi connectivity index (χ1n) is 10.9. The van der Waals surface area contributed by atoms with Gasteiger partial charge in [-0.25, -0.2) is 4.39 Å². The molecule has 0 fully saturated rings. The van der Waals surface area contributed by atoms with Crippen LogP contribution in [0.5, 0.6) is 11.5 Å². The lowest BCUT2D eigenvalue weighted by molar-refractivity contribution is -0.121. The number of ketones is 2. The number of fused-ring (bicyclic) bond motifs is 1. The highest BCUT2D eigenvalue weighted by Crippen LogP contribution is 2.26. The van der Waals surface area contributed by atoms with Gasteiger partial charge in [0.2, 0.25) is 0 Å². The summed E-state index contributed by atoms with van der Waals surface area (Å²) >= 11 is 0. The van der Waals surface area contributed by atoms with Crippen molar-refractivity contribution in [3.05, 3.63) is 102 Å². The van der Waals surface area contributed by atoms with Gasteiger partial charge in [0.05, 0.1) is 19.2 Å². The zero-order valence-electron chi connectivity index (χ0n) is 19.0. The Morgan fingerprint density at radius 3 is 2.54 bits per heavy atom. The monoisotopic (exact) mass is 470 g/mol. The number of allylic oxidation sites excluding steroid dienone is 2. The number of halogens is 1. The van der Waals surface area contributed by atoms with Crippen molar-refractivity contribution < 1.29 is 23.5 Å². The molecule has 4 aromatic rings. The number of rotatable bonds is 10. The first-order chi connectivity index (χ1) is 17.0. The van der Waals surface area contributed by atoms with Gasteiger partial charge >= 0.3 is 0 Å². The van der Waals surface area contributed by atoms with Crippen LogP contribution in [0, 0.1) is 5.82 Å². The molecule has 0 unspecified atom stereocenters.